The molecular formula is C44H37ClF10N8O10S2. The maximum absolute atomic E-state index is 15.6. The number of anilines is 1. The number of nitrogens with zero attached hydrogens (tertiary/aromatic N) is 7. The first-order valence-electron chi connectivity index (χ1n) is 21.4. The predicted octanol–water partition coefficient (Wildman–Crippen LogP) is 6.65. The summed E-state index contributed by atoms with van der Waals surface area (Å²) in [5, 5.41) is 26.9. The monoisotopic (exact) mass is 1130 g/mol. The Morgan fingerprint density at radius 3 is 2.05 bits per heavy atom. The van der Waals surface area contributed by atoms with Crippen LogP contribution in [0.3, 0.4) is 0 Å². The Morgan fingerprint density at radius 2 is 1.51 bits per heavy atom. The molecule has 1 fully saturated rings. The first-order chi connectivity index (χ1) is 34.4. The van der Waals surface area contributed by atoms with Crippen LogP contribution in [0.1, 0.15) is 66.1 Å². The minimum absolute atomic E-state index is 0.0151. The minimum atomic E-state index is -5.27. The number of urea groups is 1. The number of carboxylic acid groups (broad SMARTS) is 2. The lowest BCUT2D eigenvalue weighted by molar-refractivity contribution is -0.143. The van der Waals surface area contributed by atoms with Gasteiger partial charge in [-0.15, -0.1) is 0 Å². The lowest BCUT2D eigenvalue weighted by atomic mass is 9.93. The number of aromatic nitrogens is 5. The number of rotatable bonds is 15. The van der Waals surface area contributed by atoms with Gasteiger partial charge < -0.3 is 20.4 Å². The molecule has 3 heterocycles. The molecule has 2 aliphatic rings. The van der Waals surface area contributed by atoms with Crippen LogP contribution in [-0.2, 0) is 65.9 Å². The number of aliphatic carboxylic acids is 2. The second-order valence-corrected chi connectivity index (χ2v) is 22.8. The lowest BCUT2D eigenvalue weighted by Crippen LogP contribution is -2.49. The number of nitrogens with one attached hydrogen (secondary N) is 1. The van der Waals surface area contributed by atoms with Crippen molar-refractivity contribution in [1.29, 1.82) is 0 Å². The van der Waals surface area contributed by atoms with Gasteiger partial charge in [-0.25, -0.2) is 35.4 Å². The second-order valence-electron chi connectivity index (χ2n) is 18.0. The number of carbonyl (C=O) groups is 4. The largest absolute Gasteiger partial charge is 0.480 e. The quantitative estimate of drug-likeness (QED) is 0.0736. The Labute approximate surface area is 422 Å². The van der Waals surface area contributed by atoms with E-state index < -0.39 is 184 Å². The molecule has 0 unspecified atom stereocenters. The fraction of sp³-hybridized carbons (Fsp3) is 0.386. The molecular weight excluding hydrogens is 1090 g/mol. The van der Waals surface area contributed by atoms with Gasteiger partial charge >= 0.3 is 30.3 Å². The van der Waals surface area contributed by atoms with E-state index in [1.165, 1.54) is 13.8 Å². The van der Waals surface area contributed by atoms with Crippen molar-refractivity contribution in [2.75, 3.05) is 29.9 Å². The van der Waals surface area contributed by atoms with Gasteiger partial charge in [-0.2, -0.15) is 49.6 Å². The molecule has 402 valence electrons. The van der Waals surface area contributed by atoms with Crippen molar-refractivity contribution in [2.45, 2.75) is 74.8 Å². The summed E-state index contributed by atoms with van der Waals surface area (Å²) in [6.45, 7) is -4.05. The molecule has 0 bridgehead atoms. The molecule has 1 saturated carbocycles. The number of sulfonamides is 1. The summed E-state index contributed by atoms with van der Waals surface area (Å²) in [6.07, 6.45) is -10.5. The van der Waals surface area contributed by atoms with Crippen molar-refractivity contribution in [3.8, 4) is 23.0 Å². The van der Waals surface area contributed by atoms with Gasteiger partial charge in [-0.05, 0) is 74.4 Å². The Morgan fingerprint density at radius 1 is 0.907 bits per heavy atom. The van der Waals surface area contributed by atoms with E-state index in [0.717, 1.165) is 42.7 Å². The van der Waals surface area contributed by atoms with Crippen LogP contribution in [0.5, 0.6) is 0 Å². The van der Waals surface area contributed by atoms with E-state index in [1.54, 1.807) is 0 Å². The topological polar surface area (TPSA) is 244 Å². The van der Waals surface area contributed by atoms with E-state index >= 15 is 8.78 Å². The predicted molar refractivity (Wildman–Crippen MR) is 242 cm³/mol. The summed E-state index contributed by atoms with van der Waals surface area (Å²) in [5.41, 5.74) is -6.71. The average Bonchev–Trinajstić information content (AvgIpc) is 3.76. The molecule has 2 aromatic carbocycles. The average molecular weight is 1130 g/mol. The molecule has 3 amide bonds. The van der Waals surface area contributed by atoms with Crippen molar-refractivity contribution in [2.24, 2.45) is 5.92 Å². The maximum Gasteiger partial charge on any atom is 0.435 e. The van der Waals surface area contributed by atoms with Crippen molar-refractivity contribution >= 4 is 72.1 Å². The molecule has 3 N–H and O–H groups in total. The third kappa shape index (κ3) is 11.5. The zero-order chi connectivity index (χ0) is 55.9. The zero-order valence-corrected chi connectivity index (χ0v) is 41.2. The summed E-state index contributed by atoms with van der Waals surface area (Å²) in [7, 11) is -9.12. The van der Waals surface area contributed by atoms with Crippen LogP contribution in [-0.4, -0.2) is 117 Å². The number of alkyl halides is 8. The molecule has 7 rings (SSSR count). The van der Waals surface area contributed by atoms with Gasteiger partial charge in [0.15, 0.2) is 21.3 Å². The molecule has 18 nitrogen and oxygen atoms in total. The number of fused-ring (bicyclic) bond motifs is 4. The van der Waals surface area contributed by atoms with Crippen LogP contribution in [0.25, 0.3) is 22.0 Å². The van der Waals surface area contributed by atoms with Gasteiger partial charge in [0, 0.05) is 34.9 Å². The van der Waals surface area contributed by atoms with Crippen LogP contribution in [0.2, 0.25) is 5.02 Å². The van der Waals surface area contributed by atoms with Crippen molar-refractivity contribution in [3.63, 3.8) is 0 Å². The second kappa shape index (κ2) is 19.3. The molecule has 75 heavy (non-hydrogen) atoms. The molecule has 3 aromatic heterocycles. The molecule has 0 spiro atoms. The van der Waals surface area contributed by atoms with E-state index in [1.807, 2.05) is 0 Å². The summed E-state index contributed by atoms with van der Waals surface area (Å²) in [6, 6.07) is 2.16. The van der Waals surface area contributed by atoms with Crippen LogP contribution in [0.4, 0.5) is 54.5 Å². The number of amides is 3. The highest BCUT2D eigenvalue weighted by atomic mass is 35.5. The van der Waals surface area contributed by atoms with E-state index in [0.29, 0.717) is 12.3 Å². The van der Waals surface area contributed by atoms with Gasteiger partial charge in [0.2, 0.25) is 15.9 Å². The summed E-state index contributed by atoms with van der Waals surface area (Å²) in [5.74, 6) is -10.4. The van der Waals surface area contributed by atoms with Crippen molar-refractivity contribution < 1.29 is 90.1 Å². The van der Waals surface area contributed by atoms with E-state index in [2.05, 4.69) is 32.3 Å². The Balaban J connectivity index is 1.50. The molecule has 31 heteroatoms. The number of carbonyl (C=O) groups excluding carboxylic acids is 2. The molecule has 0 saturated heterocycles. The maximum atomic E-state index is 15.6. The Bertz CT molecular complexity index is 3480. The molecule has 5 aromatic rings. The lowest BCUT2D eigenvalue weighted by Gasteiger charge is -2.26. The zero-order valence-electron chi connectivity index (χ0n) is 38.8. The van der Waals surface area contributed by atoms with Gasteiger partial charge in [0.1, 0.15) is 53.9 Å². The van der Waals surface area contributed by atoms with E-state index in [9.17, 15) is 81.4 Å². The smallest absolute Gasteiger partial charge is 0.435 e. The normalized spacial score (nSPS) is 16.6. The Kier molecular flexibility index (Phi) is 14.3. The number of pyridine rings is 1. The van der Waals surface area contributed by atoms with Crippen LogP contribution in [0.15, 0.2) is 42.5 Å². The first kappa shape index (κ1) is 55.7. The van der Waals surface area contributed by atoms with Crippen LogP contribution >= 0.6 is 11.6 Å². The first-order valence-corrected chi connectivity index (χ1v) is 25.5. The fourth-order valence-corrected chi connectivity index (χ4v) is 9.75. The highest BCUT2D eigenvalue weighted by Crippen LogP contribution is 2.68. The summed E-state index contributed by atoms with van der Waals surface area (Å²) in [4.78, 5) is 56.0. The third-order valence-corrected chi connectivity index (χ3v) is 15.2. The van der Waals surface area contributed by atoms with E-state index in [-0.39, 0.29) is 36.2 Å². The molecule has 3 atom stereocenters. The van der Waals surface area contributed by atoms with Crippen molar-refractivity contribution in [1.82, 2.24) is 34.8 Å². The number of carboxylic acids is 2. The number of halogens is 11. The molecule has 2 aliphatic carbocycles. The molecule has 0 radical (unpaired) electrons. The number of hydrogen-bond acceptors (Lipinski definition) is 11. The number of sulfone groups is 1. The van der Waals surface area contributed by atoms with Gasteiger partial charge in [0.05, 0.1) is 33.9 Å². The Hall–Kier alpha value is -7.00. The van der Waals surface area contributed by atoms with Crippen LogP contribution in [0, 0.1) is 29.4 Å². The van der Waals surface area contributed by atoms with Gasteiger partial charge in [0.25, 0.3) is 5.92 Å². The summed E-state index contributed by atoms with van der Waals surface area (Å²) < 4.78 is 198. The van der Waals surface area contributed by atoms with Crippen molar-refractivity contribution in [3.05, 3.63) is 93.0 Å². The highest BCUT2D eigenvalue weighted by molar-refractivity contribution is 7.93. The standard InChI is InChI=1S/C44H37ClF10N8O10S2/c1-41(2,74(3,70)71)10-9-23-5-6-24(25-7-8-28(45)34-36(25)62(19-42(48,49)50)59-39(34)63(75(4,72)73)40(69)60(17-31(65)66)18-32(67)68)35(56-23)29(13-20-11-21(46)14-22(47)12-20)57-30(64)16-61-38-33(37(58-61)44(53,54)55)26-15-27(26)43(38,51)52/h5-8,11-12,14,26-27,29H,13,15-19H2,1-4H3,(H,57,64)(H,65,66)(H,67,68)/t26-,27+,29-/m0/s1. The van der Waals surface area contributed by atoms with Gasteiger partial charge in [-0.3, -0.25) is 23.7 Å². The fourth-order valence-electron chi connectivity index (χ4n) is 8.44. The third-order valence-electron chi connectivity index (χ3n) is 11.9. The van der Waals surface area contributed by atoms with Crippen LogP contribution < -0.4 is 9.62 Å². The molecule has 0 aliphatic heterocycles. The SMILES string of the molecule is CC(C)(C#Cc1ccc(-c2ccc(Cl)c3c(N(C(=O)N(CC(=O)O)CC(=O)O)S(C)(=O)=O)nn(CC(F)(F)F)c23)c([C@H](Cc2cc(F)cc(F)c2)NC(=O)Cn2nc(C(F)(F)F)c3c2C(F)(F)[C@@H]2C[C@H]32)n1)S(C)(=O)=O. The highest BCUT2D eigenvalue weighted by Gasteiger charge is 2.68. The number of hydrogen-bond donors (Lipinski definition) is 3. The number of benzene rings is 2. The van der Waals surface area contributed by atoms with E-state index in [4.69, 9.17) is 11.6 Å². The summed E-state index contributed by atoms with van der Waals surface area (Å²) >= 11 is 6.57. The van der Waals surface area contributed by atoms with Gasteiger partial charge in [-0.1, -0.05) is 23.6 Å². The minimum Gasteiger partial charge on any atom is -0.480 e.